The van der Waals surface area contributed by atoms with Gasteiger partial charge in [-0.3, -0.25) is 4.79 Å². The van der Waals surface area contributed by atoms with Crippen LogP contribution in [0.4, 0.5) is 0 Å². The third-order valence-electron chi connectivity index (χ3n) is 2.81. The minimum atomic E-state index is 0.0210. The van der Waals surface area contributed by atoms with Crippen molar-refractivity contribution in [2.45, 2.75) is 25.4 Å². The number of likely N-dealkylation sites (N-methyl/N-ethyl adjacent to an activating group) is 1. The summed E-state index contributed by atoms with van der Waals surface area (Å²) in [6.45, 7) is 0.856. The first-order valence-corrected chi connectivity index (χ1v) is 5.17. The van der Waals surface area contributed by atoms with Gasteiger partial charge in [0.15, 0.2) is 0 Å². The molecule has 0 saturated heterocycles. The van der Waals surface area contributed by atoms with Gasteiger partial charge in [-0.2, -0.15) is 0 Å². The van der Waals surface area contributed by atoms with Gasteiger partial charge in [0, 0.05) is 14.1 Å². The molecule has 2 N–H and O–H groups in total. The van der Waals surface area contributed by atoms with Crippen molar-refractivity contribution in [2.75, 3.05) is 27.2 Å². The zero-order valence-electron chi connectivity index (χ0n) is 9.03. The molecule has 1 rings (SSSR count). The van der Waals surface area contributed by atoms with Crippen LogP contribution in [0.1, 0.15) is 19.3 Å². The largest absolute Gasteiger partial charge is 0.368 e. The molecule has 0 aromatic rings. The second-order valence-corrected chi connectivity index (χ2v) is 4.06. The average molecular weight is 200 g/mol. The summed E-state index contributed by atoms with van der Waals surface area (Å²) in [7, 11) is 3.47. The first-order chi connectivity index (χ1) is 6.65. The van der Waals surface area contributed by atoms with Gasteiger partial charge in [-0.15, -0.1) is 0 Å². The highest BCUT2D eigenvalue weighted by molar-refractivity contribution is 5.76. The molecule has 2 unspecified atom stereocenters. The number of ether oxygens (including phenoxy) is 1. The van der Waals surface area contributed by atoms with Gasteiger partial charge in [0.25, 0.3) is 0 Å². The second kappa shape index (κ2) is 5.32. The Labute approximate surface area is 85.4 Å². The van der Waals surface area contributed by atoms with Gasteiger partial charge in [-0.05, 0) is 25.3 Å². The summed E-state index contributed by atoms with van der Waals surface area (Å²) in [5.41, 5.74) is 5.62. The SMILES string of the molecule is CN(C)C(=O)COC1CCCC1CN. The first-order valence-electron chi connectivity index (χ1n) is 5.17. The maximum atomic E-state index is 11.3. The third kappa shape index (κ3) is 2.96. The number of carbonyl (C=O) groups is 1. The van der Waals surface area contributed by atoms with Gasteiger partial charge in [0.1, 0.15) is 6.61 Å². The van der Waals surface area contributed by atoms with Gasteiger partial charge >= 0.3 is 0 Å². The maximum Gasteiger partial charge on any atom is 0.248 e. The summed E-state index contributed by atoms with van der Waals surface area (Å²) in [5, 5.41) is 0. The minimum absolute atomic E-state index is 0.0210. The van der Waals surface area contributed by atoms with Crippen LogP contribution in [0.15, 0.2) is 0 Å². The Hall–Kier alpha value is -0.610. The number of hydrogen-bond acceptors (Lipinski definition) is 3. The number of rotatable bonds is 4. The zero-order valence-corrected chi connectivity index (χ0v) is 9.03. The summed E-state index contributed by atoms with van der Waals surface area (Å²) in [6.07, 6.45) is 3.55. The molecule has 14 heavy (non-hydrogen) atoms. The molecular formula is C10H20N2O2. The summed E-state index contributed by atoms with van der Waals surface area (Å²) in [4.78, 5) is 12.8. The van der Waals surface area contributed by atoms with E-state index in [0.717, 1.165) is 12.8 Å². The summed E-state index contributed by atoms with van der Waals surface area (Å²) in [5.74, 6) is 0.470. The van der Waals surface area contributed by atoms with Crippen molar-refractivity contribution in [2.24, 2.45) is 11.7 Å². The van der Waals surface area contributed by atoms with E-state index < -0.39 is 0 Å². The number of hydrogen-bond donors (Lipinski definition) is 1. The normalized spacial score (nSPS) is 26.5. The standard InChI is InChI=1S/C10H20N2O2/c1-12(2)10(13)7-14-9-5-3-4-8(9)6-11/h8-9H,3-7,11H2,1-2H3. The molecule has 0 aromatic carbocycles. The molecule has 1 amide bonds. The molecule has 1 aliphatic rings. The molecule has 2 atom stereocenters. The van der Waals surface area contributed by atoms with E-state index in [1.54, 1.807) is 19.0 Å². The minimum Gasteiger partial charge on any atom is -0.368 e. The van der Waals surface area contributed by atoms with E-state index in [9.17, 15) is 4.79 Å². The molecule has 0 spiro atoms. The smallest absolute Gasteiger partial charge is 0.248 e. The Balaban J connectivity index is 2.27. The molecular weight excluding hydrogens is 180 g/mol. The quantitative estimate of drug-likeness (QED) is 0.706. The van der Waals surface area contributed by atoms with Crippen LogP contribution in [0.3, 0.4) is 0 Å². The van der Waals surface area contributed by atoms with Crippen molar-refractivity contribution in [3.8, 4) is 0 Å². The van der Waals surface area contributed by atoms with E-state index in [4.69, 9.17) is 10.5 Å². The van der Waals surface area contributed by atoms with E-state index in [-0.39, 0.29) is 18.6 Å². The van der Waals surface area contributed by atoms with Crippen molar-refractivity contribution >= 4 is 5.91 Å². The average Bonchev–Trinajstić information content (AvgIpc) is 2.60. The van der Waals surface area contributed by atoms with Gasteiger partial charge in [-0.25, -0.2) is 0 Å². The Morgan fingerprint density at radius 1 is 1.50 bits per heavy atom. The van der Waals surface area contributed by atoms with Crippen molar-refractivity contribution in [1.82, 2.24) is 4.90 Å². The molecule has 82 valence electrons. The highest BCUT2D eigenvalue weighted by atomic mass is 16.5. The fourth-order valence-corrected chi connectivity index (χ4v) is 1.80. The van der Waals surface area contributed by atoms with Gasteiger partial charge < -0.3 is 15.4 Å². The van der Waals surface area contributed by atoms with Crippen molar-refractivity contribution in [1.29, 1.82) is 0 Å². The molecule has 1 fully saturated rings. The van der Waals surface area contributed by atoms with Crippen LogP contribution in [-0.2, 0) is 9.53 Å². The zero-order chi connectivity index (χ0) is 10.6. The summed E-state index contributed by atoms with van der Waals surface area (Å²) >= 11 is 0. The van der Waals surface area contributed by atoms with Crippen LogP contribution < -0.4 is 5.73 Å². The van der Waals surface area contributed by atoms with Crippen LogP contribution >= 0.6 is 0 Å². The summed E-state index contributed by atoms with van der Waals surface area (Å²) in [6, 6.07) is 0. The van der Waals surface area contributed by atoms with Crippen LogP contribution in [0.25, 0.3) is 0 Å². The third-order valence-corrected chi connectivity index (χ3v) is 2.81. The van der Waals surface area contributed by atoms with E-state index in [1.807, 2.05) is 0 Å². The lowest BCUT2D eigenvalue weighted by atomic mass is 10.1. The molecule has 4 heteroatoms. The van der Waals surface area contributed by atoms with Gasteiger partial charge in [0.05, 0.1) is 6.10 Å². The molecule has 0 radical (unpaired) electrons. The topological polar surface area (TPSA) is 55.6 Å². The molecule has 1 saturated carbocycles. The van der Waals surface area contributed by atoms with E-state index in [1.165, 1.54) is 6.42 Å². The lowest BCUT2D eigenvalue weighted by Crippen LogP contribution is -2.31. The molecule has 0 aliphatic heterocycles. The van der Waals surface area contributed by atoms with Crippen molar-refractivity contribution < 1.29 is 9.53 Å². The predicted molar refractivity (Wildman–Crippen MR) is 54.8 cm³/mol. The first kappa shape index (κ1) is 11.5. The van der Waals surface area contributed by atoms with Gasteiger partial charge in [0.2, 0.25) is 5.91 Å². The monoisotopic (exact) mass is 200 g/mol. The lowest BCUT2D eigenvalue weighted by Gasteiger charge is -2.19. The second-order valence-electron chi connectivity index (χ2n) is 4.06. The van der Waals surface area contributed by atoms with Crippen molar-refractivity contribution in [3.05, 3.63) is 0 Å². The van der Waals surface area contributed by atoms with Crippen molar-refractivity contribution in [3.63, 3.8) is 0 Å². The Kier molecular flexibility index (Phi) is 4.35. The van der Waals surface area contributed by atoms with Gasteiger partial charge in [-0.1, -0.05) is 6.42 Å². The van der Waals surface area contributed by atoms with E-state index in [2.05, 4.69) is 0 Å². The Morgan fingerprint density at radius 3 is 2.79 bits per heavy atom. The van der Waals surface area contributed by atoms with Crippen LogP contribution in [0.5, 0.6) is 0 Å². The molecule has 0 heterocycles. The molecule has 0 bridgehead atoms. The van der Waals surface area contributed by atoms with Crippen LogP contribution in [0, 0.1) is 5.92 Å². The maximum absolute atomic E-state index is 11.3. The highest BCUT2D eigenvalue weighted by Gasteiger charge is 2.27. The fourth-order valence-electron chi connectivity index (χ4n) is 1.80. The predicted octanol–water partition coefficient (Wildman–Crippen LogP) is 0.219. The summed E-state index contributed by atoms with van der Waals surface area (Å²) < 4.78 is 5.56. The number of amides is 1. The molecule has 1 aliphatic carbocycles. The Morgan fingerprint density at radius 2 is 2.21 bits per heavy atom. The number of carbonyl (C=O) groups excluding carboxylic acids is 1. The Bertz CT molecular complexity index is 195. The fraction of sp³-hybridized carbons (Fsp3) is 0.900. The number of nitrogens with two attached hydrogens (primary N) is 1. The lowest BCUT2D eigenvalue weighted by molar-refractivity contribution is -0.136. The van der Waals surface area contributed by atoms with Crippen LogP contribution in [0.2, 0.25) is 0 Å². The van der Waals surface area contributed by atoms with Crippen LogP contribution in [-0.4, -0.2) is 44.2 Å². The molecule has 4 nitrogen and oxygen atoms in total. The van der Waals surface area contributed by atoms with E-state index in [0.29, 0.717) is 12.5 Å². The van der Waals surface area contributed by atoms with E-state index >= 15 is 0 Å². The molecule has 0 aromatic heterocycles. The highest BCUT2D eigenvalue weighted by Crippen LogP contribution is 2.27. The number of nitrogens with zero attached hydrogens (tertiary/aromatic N) is 1.